The second kappa shape index (κ2) is 6.97. The number of nitrogen functional groups attached to an aromatic ring is 1. The highest BCUT2D eigenvalue weighted by atomic mass is 16.5. The molecule has 3 aromatic heterocycles. The van der Waals surface area contributed by atoms with Crippen LogP contribution < -0.4 is 5.73 Å². The van der Waals surface area contributed by atoms with Crippen molar-refractivity contribution in [2.75, 3.05) is 12.3 Å². The fourth-order valence-corrected chi connectivity index (χ4v) is 3.72. The molecule has 1 aliphatic rings. The van der Waals surface area contributed by atoms with Crippen molar-refractivity contribution in [3.63, 3.8) is 0 Å². The molecule has 1 atom stereocenters. The van der Waals surface area contributed by atoms with Crippen LogP contribution in [-0.2, 0) is 6.54 Å². The van der Waals surface area contributed by atoms with Gasteiger partial charge in [-0.3, -0.25) is 9.88 Å². The zero-order chi connectivity index (χ0) is 18.9. The molecule has 0 saturated carbocycles. The minimum atomic E-state index is 0.0820. The summed E-state index contributed by atoms with van der Waals surface area (Å²) < 4.78 is 5.57. The first-order chi connectivity index (χ1) is 13.8. The molecule has 8 nitrogen and oxygen atoms in total. The minimum absolute atomic E-state index is 0.0820. The van der Waals surface area contributed by atoms with Gasteiger partial charge < -0.3 is 10.3 Å². The molecule has 0 unspecified atom stereocenters. The molecule has 1 fully saturated rings. The number of likely N-dealkylation sites (tertiary alicyclic amines) is 1. The molecule has 1 saturated heterocycles. The first-order valence-electron chi connectivity index (χ1n) is 9.25. The van der Waals surface area contributed by atoms with Crippen LogP contribution in [0.25, 0.3) is 22.3 Å². The quantitative estimate of drug-likeness (QED) is 0.582. The van der Waals surface area contributed by atoms with Gasteiger partial charge >= 0.3 is 0 Å². The third-order valence-electron chi connectivity index (χ3n) is 5.11. The number of fused-ring (bicyclic) bond motifs is 1. The summed E-state index contributed by atoms with van der Waals surface area (Å²) in [6, 6.07) is 10.4. The van der Waals surface area contributed by atoms with E-state index in [0.717, 1.165) is 36.8 Å². The van der Waals surface area contributed by atoms with Crippen LogP contribution in [0.1, 0.15) is 30.3 Å². The second-order valence-corrected chi connectivity index (χ2v) is 6.94. The number of nitrogens with two attached hydrogens (primary N) is 1. The lowest BCUT2D eigenvalue weighted by Crippen LogP contribution is -2.23. The van der Waals surface area contributed by atoms with Crippen LogP contribution in [0, 0.1) is 0 Å². The van der Waals surface area contributed by atoms with Crippen molar-refractivity contribution in [1.29, 1.82) is 0 Å². The Balaban J connectivity index is 1.39. The van der Waals surface area contributed by atoms with Crippen molar-refractivity contribution in [2.45, 2.75) is 25.4 Å². The Morgan fingerprint density at radius 3 is 3.04 bits per heavy atom. The molecule has 0 radical (unpaired) electrons. The van der Waals surface area contributed by atoms with Crippen molar-refractivity contribution in [3.05, 3.63) is 60.5 Å². The van der Waals surface area contributed by atoms with Crippen molar-refractivity contribution in [2.24, 2.45) is 0 Å². The van der Waals surface area contributed by atoms with Gasteiger partial charge in [0.15, 0.2) is 0 Å². The first-order valence-corrected chi connectivity index (χ1v) is 9.25. The lowest BCUT2D eigenvalue weighted by atomic mass is 10.1. The van der Waals surface area contributed by atoms with Gasteiger partial charge in [0, 0.05) is 24.3 Å². The van der Waals surface area contributed by atoms with Gasteiger partial charge in [-0.15, -0.1) is 0 Å². The lowest BCUT2D eigenvalue weighted by Gasteiger charge is -2.21. The number of benzene rings is 1. The summed E-state index contributed by atoms with van der Waals surface area (Å²) in [5.41, 5.74) is 8.66. The standard InChI is InChI=1S/C20H19N7O/c21-18-15(10-22-12-24-18)19-25-20(28-26-19)17-6-3-7-27(17)11-13-8-14-4-1-2-5-16(14)23-9-13/h1-2,4-5,8-10,12,17H,3,6-7,11H2,(H2,21,22,24)/t17-/m0/s1. The fourth-order valence-electron chi connectivity index (χ4n) is 3.72. The molecular formula is C20H19N7O. The zero-order valence-electron chi connectivity index (χ0n) is 15.2. The van der Waals surface area contributed by atoms with Crippen LogP contribution in [0.3, 0.4) is 0 Å². The predicted molar refractivity (Wildman–Crippen MR) is 104 cm³/mol. The monoisotopic (exact) mass is 373 g/mol. The van der Waals surface area contributed by atoms with E-state index in [4.69, 9.17) is 10.3 Å². The highest BCUT2D eigenvalue weighted by molar-refractivity contribution is 5.78. The summed E-state index contributed by atoms with van der Waals surface area (Å²) in [5, 5.41) is 5.24. The Labute approximate surface area is 161 Å². The van der Waals surface area contributed by atoms with Crippen molar-refractivity contribution >= 4 is 16.7 Å². The maximum absolute atomic E-state index is 5.90. The molecule has 0 bridgehead atoms. The van der Waals surface area contributed by atoms with E-state index in [2.05, 4.69) is 42.1 Å². The molecule has 4 heterocycles. The molecule has 2 N–H and O–H groups in total. The number of para-hydroxylation sites is 1. The van der Waals surface area contributed by atoms with Gasteiger partial charge in [-0.05, 0) is 37.1 Å². The highest BCUT2D eigenvalue weighted by Crippen LogP contribution is 2.33. The summed E-state index contributed by atoms with van der Waals surface area (Å²) in [7, 11) is 0. The van der Waals surface area contributed by atoms with E-state index in [1.54, 1.807) is 6.20 Å². The van der Waals surface area contributed by atoms with Gasteiger partial charge in [0.05, 0.1) is 17.1 Å². The van der Waals surface area contributed by atoms with Crippen molar-refractivity contribution < 1.29 is 4.52 Å². The molecule has 4 aromatic rings. The van der Waals surface area contributed by atoms with Crippen LogP contribution >= 0.6 is 0 Å². The Kier molecular flexibility index (Phi) is 4.17. The van der Waals surface area contributed by atoms with E-state index in [0.29, 0.717) is 23.1 Å². The summed E-state index contributed by atoms with van der Waals surface area (Å²) in [5.74, 6) is 1.37. The number of rotatable bonds is 4. The maximum Gasteiger partial charge on any atom is 0.244 e. The SMILES string of the molecule is Nc1ncncc1-c1noc([C@@H]2CCCN2Cc2cnc3ccccc3c2)n1. The molecule has 1 aromatic carbocycles. The molecule has 0 aliphatic carbocycles. The highest BCUT2D eigenvalue weighted by Gasteiger charge is 2.31. The average Bonchev–Trinajstić information content (AvgIpc) is 3.38. The number of aromatic nitrogens is 5. The van der Waals surface area contributed by atoms with Gasteiger partial charge in [0.2, 0.25) is 11.7 Å². The number of anilines is 1. The number of nitrogens with zero attached hydrogens (tertiary/aromatic N) is 6. The van der Waals surface area contributed by atoms with Crippen molar-refractivity contribution in [1.82, 2.24) is 30.0 Å². The molecule has 8 heteroatoms. The summed E-state index contributed by atoms with van der Waals surface area (Å²) in [6.07, 6.45) is 7.00. The van der Waals surface area contributed by atoms with Crippen LogP contribution in [0.4, 0.5) is 5.82 Å². The molecular weight excluding hydrogens is 354 g/mol. The van der Waals surface area contributed by atoms with Gasteiger partial charge in [-0.1, -0.05) is 23.4 Å². The molecule has 5 rings (SSSR count). The van der Waals surface area contributed by atoms with Crippen LogP contribution in [0.15, 0.2) is 53.6 Å². The average molecular weight is 373 g/mol. The van der Waals surface area contributed by atoms with E-state index in [-0.39, 0.29) is 6.04 Å². The molecule has 0 amide bonds. The predicted octanol–water partition coefficient (Wildman–Crippen LogP) is 2.99. The van der Waals surface area contributed by atoms with Crippen LogP contribution in [-0.4, -0.2) is 36.5 Å². The van der Waals surface area contributed by atoms with E-state index in [1.165, 1.54) is 11.9 Å². The smallest absolute Gasteiger partial charge is 0.244 e. The van der Waals surface area contributed by atoms with Crippen LogP contribution in [0.2, 0.25) is 0 Å². The largest absolute Gasteiger partial charge is 0.383 e. The Morgan fingerprint density at radius 2 is 2.11 bits per heavy atom. The topological polar surface area (TPSA) is 107 Å². The number of hydrogen-bond donors (Lipinski definition) is 1. The number of pyridine rings is 1. The van der Waals surface area contributed by atoms with Crippen LogP contribution in [0.5, 0.6) is 0 Å². The fraction of sp³-hybridized carbons (Fsp3) is 0.250. The summed E-state index contributed by atoms with van der Waals surface area (Å²) >= 11 is 0. The van der Waals surface area contributed by atoms with E-state index < -0.39 is 0 Å². The zero-order valence-corrected chi connectivity index (χ0v) is 15.2. The Hall–Kier alpha value is -3.39. The first kappa shape index (κ1) is 16.8. The molecule has 1 aliphatic heterocycles. The molecule has 140 valence electrons. The third-order valence-corrected chi connectivity index (χ3v) is 5.11. The summed E-state index contributed by atoms with van der Waals surface area (Å²) in [6.45, 7) is 1.77. The Morgan fingerprint density at radius 1 is 1.18 bits per heavy atom. The van der Waals surface area contributed by atoms with Gasteiger partial charge in [-0.25, -0.2) is 9.97 Å². The number of hydrogen-bond acceptors (Lipinski definition) is 8. The minimum Gasteiger partial charge on any atom is -0.383 e. The van der Waals surface area contributed by atoms with Crippen molar-refractivity contribution in [3.8, 4) is 11.4 Å². The van der Waals surface area contributed by atoms with Gasteiger partial charge in [-0.2, -0.15) is 4.98 Å². The van der Waals surface area contributed by atoms with E-state index >= 15 is 0 Å². The van der Waals surface area contributed by atoms with E-state index in [9.17, 15) is 0 Å². The lowest BCUT2D eigenvalue weighted by molar-refractivity contribution is 0.201. The van der Waals surface area contributed by atoms with E-state index in [1.807, 2.05) is 24.4 Å². The van der Waals surface area contributed by atoms with Gasteiger partial charge in [0.1, 0.15) is 12.1 Å². The summed E-state index contributed by atoms with van der Waals surface area (Å²) in [4.78, 5) is 19.5. The Bertz CT molecular complexity index is 1130. The normalized spacial score (nSPS) is 17.4. The molecule has 28 heavy (non-hydrogen) atoms. The third kappa shape index (κ3) is 3.07. The van der Waals surface area contributed by atoms with Gasteiger partial charge in [0.25, 0.3) is 0 Å². The molecule has 0 spiro atoms. The second-order valence-electron chi connectivity index (χ2n) is 6.94. The maximum atomic E-state index is 5.90.